The average Bonchev–Trinajstić information content (AvgIpc) is 2.37. The number of hydrogen-bond donors (Lipinski definition) is 1. The lowest BCUT2D eigenvalue weighted by atomic mass is 9.48. The monoisotopic (exact) mass is 280 g/mol. The van der Waals surface area contributed by atoms with Crippen LogP contribution in [-0.4, -0.2) is 24.3 Å². The van der Waals surface area contributed by atoms with Crippen molar-refractivity contribution in [3.05, 3.63) is 34.9 Å². The van der Waals surface area contributed by atoms with Gasteiger partial charge in [0.15, 0.2) is 0 Å². The minimum atomic E-state index is -0.720. The Balaban J connectivity index is 1.87. The number of rotatable bonds is 2. The fraction of sp³-hybridized carbons (Fsp3) is 0.533. The van der Waals surface area contributed by atoms with Crippen molar-refractivity contribution in [2.75, 3.05) is 13.2 Å². The number of hydrogen-bond acceptors (Lipinski definition) is 2. The summed E-state index contributed by atoms with van der Waals surface area (Å²) in [6.45, 7) is 1.52. The summed E-state index contributed by atoms with van der Waals surface area (Å²) in [7, 11) is 0. The second-order valence-corrected chi connectivity index (χ2v) is 6.30. The molecule has 0 aromatic heterocycles. The average molecular weight is 281 g/mol. The van der Waals surface area contributed by atoms with Gasteiger partial charge in [-0.25, -0.2) is 0 Å². The summed E-state index contributed by atoms with van der Waals surface area (Å²) in [6, 6.07) is 7.25. The van der Waals surface area contributed by atoms with Crippen LogP contribution in [0.5, 0.6) is 0 Å². The van der Waals surface area contributed by atoms with E-state index < -0.39 is 11.4 Å². The quantitative estimate of drug-likeness (QED) is 0.904. The Labute approximate surface area is 117 Å². The minimum absolute atomic E-state index is 0.177. The summed E-state index contributed by atoms with van der Waals surface area (Å²) < 4.78 is 5.39. The van der Waals surface area contributed by atoms with Gasteiger partial charge in [-0.3, -0.25) is 4.79 Å². The Morgan fingerprint density at radius 1 is 1.16 bits per heavy atom. The Morgan fingerprint density at radius 3 is 2.26 bits per heavy atom. The number of carbonyl (C=O) groups is 1. The lowest BCUT2D eigenvalue weighted by Crippen LogP contribution is -2.56. The van der Waals surface area contributed by atoms with Crippen molar-refractivity contribution >= 4 is 17.6 Å². The van der Waals surface area contributed by atoms with Crippen LogP contribution in [0.2, 0.25) is 5.02 Å². The number of carboxylic acid groups (broad SMARTS) is 1. The SMILES string of the molecule is O=C(O)C1(c2ccc(Cl)cc2)CC2(CCOCC2)C1. The molecule has 1 aliphatic carbocycles. The van der Waals surface area contributed by atoms with Crippen molar-refractivity contribution in [1.29, 1.82) is 0 Å². The minimum Gasteiger partial charge on any atom is -0.481 e. The molecule has 1 aromatic rings. The summed E-state index contributed by atoms with van der Waals surface area (Å²) in [5.74, 6) is -0.716. The van der Waals surface area contributed by atoms with Crippen LogP contribution < -0.4 is 0 Å². The van der Waals surface area contributed by atoms with E-state index in [0.717, 1.165) is 44.5 Å². The summed E-state index contributed by atoms with van der Waals surface area (Å²) in [5, 5.41) is 10.3. The van der Waals surface area contributed by atoms with Crippen LogP contribution in [0.1, 0.15) is 31.2 Å². The van der Waals surface area contributed by atoms with E-state index in [2.05, 4.69) is 0 Å². The lowest BCUT2D eigenvalue weighted by molar-refractivity contribution is -0.160. The molecule has 1 spiro atoms. The second-order valence-electron chi connectivity index (χ2n) is 5.86. The lowest BCUT2D eigenvalue weighted by Gasteiger charge is -2.56. The van der Waals surface area contributed by atoms with Gasteiger partial charge in [0, 0.05) is 18.2 Å². The maximum atomic E-state index is 11.8. The number of ether oxygens (including phenoxy) is 1. The largest absolute Gasteiger partial charge is 0.481 e. The molecular formula is C15H17ClO3. The smallest absolute Gasteiger partial charge is 0.314 e. The maximum Gasteiger partial charge on any atom is 0.314 e. The molecule has 1 N–H and O–H groups in total. The van der Waals surface area contributed by atoms with Gasteiger partial charge < -0.3 is 9.84 Å². The molecule has 0 atom stereocenters. The molecule has 2 aliphatic rings. The van der Waals surface area contributed by atoms with Gasteiger partial charge in [0.05, 0.1) is 5.41 Å². The number of benzene rings is 1. The van der Waals surface area contributed by atoms with E-state index >= 15 is 0 Å². The molecule has 1 aromatic carbocycles. The standard InChI is InChI=1S/C15H17ClO3/c16-12-3-1-11(2-4-12)15(13(17)18)9-14(10-15)5-7-19-8-6-14/h1-4H,5-10H2,(H,17,18). The molecule has 1 saturated carbocycles. The van der Waals surface area contributed by atoms with Crippen LogP contribution in [0.25, 0.3) is 0 Å². The Hall–Kier alpha value is -1.06. The third-order valence-electron chi connectivity index (χ3n) is 4.71. The molecule has 0 bridgehead atoms. The van der Waals surface area contributed by atoms with Gasteiger partial charge in [0.1, 0.15) is 0 Å². The van der Waals surface area contributed by atoms with E-state index in [1.807, 2.05) is 12.1 Å². The first-order valence-corrected chi connectivity index (χ1v) is 7.01. The first-order chi connectivity index (χ1) is 9.06. The number of aliphatic carboxylic acids is 1. The second kappa shape index (κ2) is 4.50. The van der Waals surface area contributed by atoms with Crippen molar-refractivity contribution in [3.63, 3.8) is 0 Å². The van der Waals surface area contributed by atoms with Crippen LogP contribution in [0.15, 0.2) is 24.3 Å². The van der Waals surface area contributed by atoms with Crippen molar-refractivity contribution in [2.24, 2.45) is 5.41 Å². The van der Waals surface area contributed by atoms with E-state index in [4.69, 9.17) is 16.3 Å². The topological polar surface area (TPSA) is 46.5 Å². The molecular weight excluding hydrogens is 264 g/mol. The van der Waals surface area contributed by atoms with Crippen LogP contribution in [0, 0.1) is 5.41 Å². The molecule has 4 heteroatoms. The van der Waals surface area contributed by atoms with Gasteiger partial charge >= 0.3 is 5.97 Å². The van der Waals surface area contributed by atoms with Crippen molar-refractivity contribution in [2.45, 2.75) is 31.1 Å². The Bertz CT molecular complexity index is 481. The predicted molar refractivity (Wildman–Crippen MR) is 72.5 cm³/mol. The molecule has 102 valence electrons. The third kappa shape index (κ3) is 2.05. The summed E-state index contributed by atoms with van der Waals surface area (Å²) in [4.78, 5) is 11.8. The van der Waals surface area contributed by atoms with Crippen LogP contribution >= 0.6 is 11.6 Å². The van der Waals surface area contributed by atoms with Crippen molar-refractivity contribution < 1.29 is 14.6 Å². The van der Waals surface area contributed by atoms with Gasteiger partial charge in [-0.15, -0.1) is 0 Å². The van der Waals surface area contributed by atoms with E-state index in [0.29, 0.717) is 5.02 Å². The van der Waals surface area contributed by atoms with Crippen molar-refractivity contribution in [1.82, 2.24) is 0 Å². The number of halogens is 1. The molecule has 2 fully saturated rings. The number of carboxylic acids is 1. The molecule has 0 radical (unpaired) electrons. The fourth-order valence-electron chi connectivity index (χ4n) is 3.63. The fourth-order valence-corrected chi connectivity index (χ4v) is 3.76. The van der Waals surface area contributed by atoms with Crippen LogP contribution in [-0.2, 0) is 14.9 Å². The van der Waals surface area contributed by atoms with Gasteiger partial charge in [-0.1, -0.05) is 23.7 Å². The predicted octanol–water partition coefficient (Wildman–Crippen LogP) is 3.25. The van der Waals surface area contributed by atoms with Crippen molar-refractivity contribution in [3.8, 4) is 0 Å². The third-order valence-corrected chi connectivity index (χ3v) is 4.97. The van der Waals surface area contributed by atoms with Gasteiger partial charge in [0.25, 0.3) is 0 Å². The highest BCUT2D eigenvalue weighted by molar-refractivity contribution is 6.30. The Morgan fingerprint density at radius 2 is 1.74 bits per heavy atom. The highest BCUT2D eigenvalue weighted by Gasteiger charge is 2.59. The highest BCUT2D eigenvalue weighted by Crippen LogP contribution is 2.60. The van der Waals surface area contributed by atoms with E-state index in [-0.39, 0.29) is 5.41 Å². The zero-order chi connectivity index (χ0) is 13.5. The summed E-state index contributed by atoms with van der Waals surface area (Å²) in [5.41, 5.74) is 0.333. The zero-order valence-electron chi connectivity index (χ0n) is 10.7. The van der Waals surface area contributed by atoms with Crippen LogP contribution in [0.4, 0.5) is 0 Å². The van der Waals surface area contributed by atoms with Crippen LogP contribution in [0.3, 0.4) is 0 Å². The van der Waals surface area contributed by atoms with Gasteiger partial charge in [-0.05, 0) is 48.8 Å². The highest BCUT2D eigenvalue weighted by atomic mass is 35.5. The maximum absolute atomic E-state index is 11.8. The zero-order valence-corrected chi connectivity index (χ0v) is 11.4. The molecule has 1 aliphatic heterocycles. The molecule has 3 nitrogen and oxygen atoms in total. The van der Waals surface area contributed by atoms with Gasteiger partial charge in [0.2, 0.25) is 0 Å². The first kappa shape index (κ1) is 12.9. The molecule has 0 unspecified atom stereocenters. The molecule has 0 amide bonds. The van der Waals surface area contributed by atoms with E-state index in [9.17, 15) is 9.90 Å². The summed E-state index contributed by atoms with van der Waals surface area (Å²) in [6.07, 6.45) is 3.41. The molecule has 1 heterocycles. The van der Waals surface area contributed by atoms with E-state index in [1.165, 1.54) is 0 Å². The summed E-state index contributed by atoms with van der Waals surface area (Å²) >= 11 is 5.88. The normalized spacial score (nSPS) is 23.8. The van der Waals surface area contributed by atoms with E-state index in [1.54, 1.807) is 12.1 Å². The molecule has 19 heavy (non-hydrogen) atoms. The Kier molecular flexibility index (Phi) is 3.06. The van der Waals surface area contributed by atoms with Gasteiger partial charge in [-0.2, -0.15) is 0 Å². The molecule has 1 saturated heterocycles. The first-order valence-electron chi connectivity index (χ1n) is 6.64. The molecule has 3 rings (SSSR count).